The van der Waals surface area contributed by atoms with Crippen molar-refractivity contribution >= 4 is 49.6 Å². The van der Waals surface area contributed by atoms with Gasteiger partial charge in [-0.25, -0.2) is 0 Å². The van der Waals surface area contributed by atoms with Gasteiger partial charge in [-0.2, -0.15) is 0 Å². The van der Waals surface area contributed by atoms with Gasteiger partial charge in [-0.1, -0.05) is 51.9 Å². The SMILES string of the molecule is CCCCCCCCCCNCCN.Cl.Cl.Cl.Cl. The molecule has 0 atom stereocenters. The van der Waals surface area contributed by atoms with Gasteiger partial charge in [-0.3, -0.25) is 0 Å². The second-order valence-corrected chi connectivity index (χ2v) is 4.01. The summed E-state index contributed by atoms with van der Waals surface area (Å²) >= 11 is 0. The molecule has 2 nitrogen and oxygen atoms in total. The van der Waals surface area contributed by atoms with Gasteiger partial charge in [0.05, 0.1) is 0 Å². The van der Waals surface area contributed by atoms with Crippen LogP contribution in [0.15, 0.2) is 0 Å². The Morgan fingerprint density at radius 3 is 1.56 bits per heavy atom. The summed E-state index contributed by atoms with van der Waals surface area (Å²) < 4.78 is 0. The average Bonchev–Trinajstić information content (AvgIpc) is 2.21. The summed E-state index contributed by atoms with van der Waals surface area (Å²) in [6.07, 6.45) is 11.2. The van der Waals surface area contributed by atoms with Crippen molar-refractivity contribution in [1.29, 1.82) is 0 Å². The summed E-state index contributed by atoms with van der Waals surface area (Å²) in [5.41, 5.74) is 5.37. The highest BCUT2D eigenvalue weighted by atomic mass is 35.5. The standard InChI is InChI=1S/C12H28N2.4ClH/c1-2-3-4-5-6-7-8-9-11-14-12-10-13;;;;/h14H,2-13H2,1H3;4*1H. The summed E-state index contributed by atoms with van der Waals surface area (Å²) in [6.45, 7) is 5.14. The van der Waals surface area contributed by atoms with Crippen molar-refractivity contribution in [3.63, 3.8) is 0 Å². The summed E-state index contributed by atoms with van der Waals surface area (Å²) in [6, 6.07) is 0. The third-order valence-electron chi connectivity index (χ3n) is 2.53. The number of rotatable bonds is 11. The first-order chi connectivity index (χ1) is 6.91. The van der Waals surface area contributed by atoms with E-state index in [0.717, 1.165) is 19.6 Å². The molecule has 0 unspecified atom stereocenters. The first-order valence-electron chi connectivity index (χ1n) is 6.32. The van der Waals surface area contributed by atoms with Gasteiger partial charge in [0.15, 0.2) is 0 Å². The normalized spacial score (nSPS) is 8.33. The second-order valence-electron chi connectivity index (χ2n) is 4.01. The number of hydrogen-bond donors (Lipinski definition) is 2. The van der Waals surface area contributed by atoms with E-state index < -0.39 is 0 Å². The van der Waals surface area contributed by atoms with Crippen LogP contribution in [0.1, 0.15) is 58.3 Å². The Kier molecular flexibility index (Phi) is 53.9. The number of hydrogen-bond acceptors (Lipinski definition) is 2. The fourth-order valence-corrected chi connectivity index (χ4v) is 1.61. The van der Waals surface area contributed by atoms with E-state index in [1.807, 2.05) is 0 Å². The zero-order chi connectivity index (χ0) is 10.5. The molecule has 0 spiro atoms. The Morgan fingerprint density at radius 2 is 1.11 bits per heavy atom. The molecule has 0 amide bonds. The van der Waals surface area contributed by atoms with E-state index in [1.165, 1.54) is 51.4 Å². The quantitative estimate of drug-likeness (QED) is 0.546. The molecule has 0 aromatic heterocycles. The lowest BCUT2D eigenvalue weighted by Gasteiger charge is -2.03. The van der Waals surface area contributed by atoms with Crippen LogP contribution < -0.4 is 11.1 Å². The van der Waals surface area contributed by atoms with E-state index in [1.54, 1.807) is 0 Å². The van der Waals surface area contributed by atoms with E-state index in [-0.39, 0.29) is 49.6 Å². The van der Waals surface area contributed by atoms with Crippen LogP contribution in [0.5, 0.6) is 0 Å². The molecule has 0 aliphatic carbocycles. The largest absolute Gasteiger partial charge is 0.329 e. The monoisotopic (exact) mass is 344 g/mol. The van der Waals surface area contributed by atoms with Crippen LogP contribution in [-0.2, 0) is 0 Å². The van der Waals surface area contributed by atoms with Crippen LogP contribution in [0, 0.1) is 0 Å². The van der Waals surface area contributed by atoms with Crippen LogP contribution in [0.3, 0.4) is 0 Å². The fourth-order valence-electron chi connectivity index (χ4n) is 1.61. The molecule has 0 fully saturated rings. The lowest BCUT2D eigenvalue weighted by molar-refractivity contribution is 0.557. The minimum absolute atomic E-state index is 0. The minimum Gasteiger partial charge on any atom is -0.329 e. The zero-order valence-electron chi connectivity index (χ0n) is 11.5. The molecule has 0 aromatic rings. The van der Waals surface area contributed by atoms with Crippen molar-refractivity contribution in [2.45, 2.75) is 58.3 Å². The van der Waals surface area contributed by atoms with Crippen LogP contribution in [-0.4, -0.2) is 19.6 Å². The van der Waals surface area contributed by atoms with Crippen molar-refractivity contribution in [2.75, 3.05) is 19.6 Å². The van der Waals surface area contributed by atoms with Gasteiger partial charge in [0.1, 0.15) is 0 Å². The topological polar surface area (TPSA) is 38.0 Å². The molecule has 6 heteroatoms. The van der Waals surface area contributed by atoms with Crippen LogP contribution in [0.2, 0.25) is 0 Å². The van der Waals surface area contributed by atoms with Crippen molar-refractivity contribution in [3.8, 4) is 0 Å². The third kappa shape index (κ3) is 30.3. The summed E-state index contributed by atoms with van der Waals surface area (Å²) in [5.74, 6) is 0. The highest BCUT2D eigenvalue weighted by Crippen LogP contribution is 2.07. The van der Waals surface area contributed by atoms with Crippen LogP contribution in [0.4, 0.5) is 0 Å². The van der Waals surface area contributed by atoms with Gasteiger partial charge >= 0.3 is 0 Å². The molecule has 0 saturated carbocycles. The Hall–Kier alpha value is 1.08. The molecule has 0 aromatic carbocycles. The Morgan fingerprint density at radius 1 is 0.667 bits per heavy atom. The van der Waals surface area contributed by atoms with Crippen molar-refractivity contribution in [2.24, 2.45) is 5.73 Å². The molecule has 0 saturated heterocycles. The lowest BCUT2D eigenvalue weighted by atomic mass is 10.1. The zero-order valence-corrected chi connectivity index (χ0v) is 14.8. The van der Waals surface area contributed by atoms with Crippen molar-refractivity contribution < 1.29 is 0 Å². The van der Waals surface area contributed by atoms with Crippen molar-refractivity contribution in [3.05, 3.63) is 0 Å². The summed E-state index contributed by atoms with van der Waals surface area (Å²) in [7, 11) is 0. The predicted octanol–water partition coefficient (Wildman–Crippen LogP) is 4.36. The van der Waals surface area contributed by atoms with Gasteiger partial charge in [0.2, 0.25) is 0 Å². The fraction of sp³-hybridized carbons (Fsp3) is 1.00. The predicted molar refractivity (Wildman–Crippen MR) is 93.5 cm³/mol. The molecule has 0 aliphatic rings. The molecule has 0 aliphatic heterocycles. The van der Waals surface area contributed by atoms with Gasteiger partial charge < -0.3 is 11.1 Å². The maximum Gasteiger partial charge on any atom is 0.00745 e. The van der Waals surface area contributed by atoms with E-state index in [4.69, 9.17) is 5.73 Å². The van der Waals surface area contributed by atoms with Gasteiger partial charge in [-0.05, 0) is 13.0 Å². The lowest BCUT2D eigenvalue weighted by Crippen LogP contribution is -2.23. The minimum atomic E-state index is 0. The molecule has 118 valence electrons. The molecular formula is C12H32Cl4N2. The Labute approximate surface area is 138 Å². The smallest absolute Gasteiger partial charge is 0.00745 e. The van der Waals surface area contributed by atoms with E-state index in [2.05, 4.69) is 12.2 Å². The average molecular weight is 346 g/mol. The van der Waals surface area contributed by atoms with Gasteiger partial charge in [-0.15, -0.1) is 49.6 Å². The van der Waals surface area contributed by atoms with Crippen LogP contribution >= 0.6 is 49.6 Å². The van der Waals surface area contributed by atoms with Gasteiger partial charge in [0.25, 0.3) is 0 Å². The number of unbranched alkanes of at least 4 members (excludes halogenated alkanes) is 7. The number of nitrogens with one attached hydrogen (secondary N) is 1. The van der Waals surface area contributed by atoms with Crippen molar-refractivity contribution in [1.82, 2.24) is 5.32 Å². The summed E-state index contributed by atoms with van der Waals surface area (Å²) in [5, 5.41) is 3.32. The Bertz CT molecular complexity index is 96.1. The maximum atomic E-state index is 5.37. The van der Waals surface area contributed by atoms with Gasteiger partial charge in [0, 0.05) is 13.1 Å². The first kappa shape index (κ1) is 31.5. The molecule has 0 heterocycles. The van der Waals surface area contributed by atoms with E-state index in [9.17, 15) is 0 Å². The van der Waals surface area contributed by atoms with Crippen LogP contribution in [0.25, 0.3) is 0 Å². The molecule has 0 bridgehead atoms. The van der Waals surface area contributed by atoms with E-state index in [0.29, 0.717) is 0 Å². The maximum absolute atomic E-state index is 5.37. The molecule has 3 N–H and O–H groups in total. The van der Waals surface area contributed by atoms with E-state index >= 15 is 0 Å². The summed E-state index contributed by atoms with van der Waals surface area (Å²) in [4.78, 5) is 0. The third-order valence-corrected chi connectivity index (χ3v) is 2.53. The molecular weight excluding hydrogens is 314 g/mol. The first-order valence-corrected chi connectivity index (χ1v) is 6.32. The molecule has 0 radical (unpaired) electrons. The molecule has 0 rings (SSSR count). The Balaban J connectivity index is -0.000000141. The number of halogens is 4. The molecule has 18 heavy (non-hydrogen) atoms. The number of nitrogens with two attached hydrogens (primary N) is 1. The highest BCUT2D eigenvalue weighted by Gasteiger charge is 1.90. The second kappa shape index (κ2) is 30.8. The highest BCUT2D eigenvalue weighted by molar-refractivity contribution is 5.86.